The number of fused-ring (bicyclic) bond motifs is 5. The highest BCUT2D eigenvalue weighted by Gasteiger charge is 2.74. The number of alkyl halides is 1. The van der Waals surface area contributed by atoms with Gasteiger partial charge in [-0.3, -0.25) is 14.4 Å². The molecule has 147 valence electrons. The summed E-state index contributed by atoms with van der Waals surface area (Å²) in [7, 11) is 0. The SMILES string of the molecule is C[C@]12CCC(=O)C=C1CC[C@H]1[C@@H]3CC[C@](O)(C(=O)[CH]O)[C@@]3(C)CC(=O)[C@@]12F. The second-order valence-corrected chi connectivity index (χ2v) is 9.34. The van der Waals surface area contributed by atoms with Crippen molar-refractivity contribution in [3.8, 4) is 0 Å². The maximum atomic E-state index is 16.7. The van der Waals surface area contributed by atoms with Crippen LogP contribution in [0.15, 0.2) is 11.6 Å². The predicted octanol–water partition coefficient (Wildman–Crippen LogP) is 2.62. The number of halogens is 1. The quantitative estimate of drug-likeness (QED) is 0.772. The molecule has 0 saturated heterocycles. The Morgan fingerprint density at radius 3 is 2.56 bits per heavy atom. The Bertz CT molecular complexity index is 775. The third-order valence-electron chi connectivity index (χ3n) is 8.48. The summed E-state index contributed by atoms with van der Waals surface area (Å²) < 4.78 is 16.7. The number of rotatable bonds is 2. The standard InChI is InChI=1S/C21H26FO5/c1-18-7-5-13(24)9-12(18)3-4-15-14-6-8-20(27,17(26)11-23)19(14,2)10-16(25)21(15,18)22/h9,11,14-15,23,27H,3-8,10H2,1-2H3/t14-,15-,18-,19-,20-,21-/m0/s1. The van der Waals surface area contributed by atoms with Gasteiger partial charge in [0.2, 0.25) is 0 Å². The molecule has 3 saturated carbocycles. The molecule has 5 nitrogen and oxygen atoms in total. The molecule has 0 aliphatic heterocycles. The van der Waals surface area contributed by atoms with Crippen LogP contribution in [0.3, 0.4) is 0 Å². The van der Waals surface area contributed by atoms with Crippen molar-refractivity contribution in [2.75, 3.05) is 0 Å². The molecule has 27 heavy (non-hydrogen) atoms. The van der Waals surface area contributed by atoms with Crippen LogP contribution < -0.4 is 0 Å². The van der Waals surface area contributed by atoms with E-state index in [1.807, 2.05) is 0 Å². The van der Waals surface area contributed by atoms with Gasteiger partial charge in [-0.1, -0.05) is 19.4 Å². The number of Topliss-reactive ketones (excluding diaryl/α,β-unsaturated/α-hetero) is 2. The molecular formula is C21H26FO5. The van der Waals surface area contributed by atoms with Gasteiger partial charge in [0.05, 0.1) is 0 Å². The Morgan fingerprint density at radius 1 is 1.19 bits per heavy atom. The lowest BCUT2D eigenvalue weighted by Crippen LogP contribution is -2.68. The van der Waals surface area contributed by atoms with Crippen LogP contribution in [0, 0.1) is 29.3 Å². The number of aliphatic hydroxyl groups is 2. The lowest BCUT2D eigenvalue weighted by Gasteiger charge is -2.60. The zero-order valence-corrected chi connectivity index (χ0v) is 15.8. The molecule has 0 spiro atoms. The van der Waals surface area contributed by atoms with Crippen LogP contribution in [0.5, 0.6) is 0 Å². The van der Waals surface area contributed by atoms with Gasteiger partial charge in [0.25, 0.3) is 0 Å². The van der Waals surface area contributed by atoms with Crippen LogP contribution >= 0.6 is 0 Å². The van der Waals surface area contributed by atoms with E-state index in [0.717, 1.165) is 5.57 Å². The maximum absolute atomic E-state index is 16.7. The second-order valence-electron chi connectivity index (χ2n) is 9.34. The van der Waals surface area contributed by atoms with Gasteiger partial charge in [-0.05, 0) is 44.1 Å². The molecule has 0 aromatic rings. The summed E-state index contributed by atoms with van der Waals surface area (Å²) in [6, 6.07) is 0. The van der Waals surface area contributed by atoms with E-state index in [2.05, 4.69) is 0 Å². The third kappa shape index (κ3) is 2.03. The van der Waals surface area contributed by atoms with Gasteiger partial charge in [0.15, 0.2) is 23.0 Å². The van der Waals surface area contributed by atoms with Gasteiger partial charge in [-0.15, -0.1) is 0 Å². The fraction of sp³-hybridized carbons (Fsp3) is 0.714. The average Bonchev–Trinajstić information content (AvgIpc) is 2.88. The maximum Gasteiger partial charge on any atom is 0.196 e. The fourth-order valence-corrected chi connectivity index (χ4v) is 6.81. The number of aliphatic hydroxyl groups excluding tert-OH is 1. The molecule has 1 radical (unpaired) electrons. The Kier molecular flexibility index (Phi) is 3.91. The van der Waals surface area contributed by atoms with Crippen LogP contribution in [-0.4, -0.2) is 38.8 Å². The van der Waals surface area contributed by atoms with Crippen LogP contribution in [-0.2, 0) is 14.4 Å². The van der Waals surface area contributed by atoms with E-state index in [4.69, 9.17) is 0 Å². The number of hydrogen-bond acceptors (Lipinski definition) is 5. The van der Waals surface area contributed by atoms with Crippen molar-refractivity contribution in [3.05, 3.63) is 18.3 Å². The van der Waals surface area contributed by atoms with E-state index in [0.29, 0.717) is 32.3 Å². The van der Waals surface area contributed by atoms with E-state index >= 15 is 4.39 Å². The van der Waals surface area contributed by atoms with Gasteiger partial charge in [0.1, 0.15) is 12.2 Å². The molecule has 4 aliphatic carbocycles. The van der Waals surface area contributed by atoms with Gasteiger partial charge < -0.3 is 10.2 Å². The smallest absolute Gasteiger partial charge is 0.196 e. The van der Waals surface area contributed by atoms with Gasteiger partial charge >= 0.3 is 0 Å². The summed E-state index contributed by atoms with van der Waals surface area (Å²) in [5.74, 6) is -2.33. The highest BCUT2D eigenvalue weighted by Crippen LogP contribution is 2.69. The molecule has 0 aromatic carbocycles. The summed E-state index contributed by atoms with van der Waals surface area (Å²) in [6.07, 6.45) is 3.35. The van der Waals surface area contributed by atoms with Gasteiger partial charge in [-0.2, -0.15) is 0 Å². The van der Waals surface area contributed by atoms with Crippen molar-refractivity contribution < 1.29 is 29.0 Å². The number of carbonyl (C=O) groups is 3. The van der Waals surface area contributed by atoms with Gasteiger partial charge in [-0.25, -0.2) is 4.39 Å². The van der Waals surface area contributed by atoms with E-state index in [1.165, 1.54) is 6.08 Å². The molecule has 2 N–H and O–H groups in total. The van der Waals surface area contributed by atoms with Crippen molar-refractivity contribution >= 4 is 17.3 Å². The molecular weight excluding hydrogens is 351 g/mol. The van der Waals surface area contributed by atoms with Crippen LogP contribution in [0.2, 0.25) is 0 Å². The lowest BCUT2D eigenvalue weighted by atomic mass is 9.44. The van der Waals surface area contributed by atoms with E-state index in [1.54, 1.807) is 13.8 Å². The highest BCUT2D eigenvalue weighted by atomic mass is 19.1. The number of ketones is 3. The zero-order valence-electron chi connectivity index (χ0n) is 15.8. The number of allylic oxidation sites excluding steroid dienone is 1. The third-order valence-corrected chi connectivity index (χ3v) is 8.48. The molecule has 3 fully saturated rings. The van der Waals surface area contributed by atoms with Crippen LogP contribution in [0.1, 0.15) is 58.8 Å². The summed E-state index contributed by atoms with van der Waals surface area (Å²) in [4.78, 5) is 37.4. The second kappa shape index (κ2) is 5.57. The van der Waals surface area contributed by atoms with Crippen molar-refractivity contribution in [2.45, 2.75) is 70.1 Å². The molecule has 0 unspecified atom stereocenters. The highest BCUT2D eigenvalue weighted by molar-refractivity contribution is 5.98. The number of carbonyl (C=O) groups excluding carboxylic acids is 3. The molecule has 6 atom stereocenters. The molecule has 4 aliphatic rings. The van der Waals surface area contributed by atoms with E-state index in [9.17, 15) is 24.6 Å². The van der Waals surface area contributed by atoms with Crippen molar-refractivity contribution in [1.29, 1.82) is 0 Å². The molecule has 0 aromatic heterocycles. The normalized spacial score (nSPS) is 49.1. The van der Waals surface area contributed by atoms with Crippen LogP contribution in [0.25, 0.3) is 0 Å². The molecule has 0 amide bonds. The molecule has 0 heterocycles. The van der Waals surface area contributed by atoms with Crippen LogP contribution in [0.4, 0.5) is 4.39 Å². The minimum Gasteiger partial charge on any atom is -0.382 e. The van der Waals surface area contributed by atoms with E-state index in [-0.39, 0.29) is 31.0 Å². The first-order valence-corrected chi connectivity index (χ1v) is 9.75. The monoisotopic (exact) mass is 377 g/mol. The summed E-state index contributed by atoms with van der Waals surface area (Å²) in [5, 5.41) is 20.3. The Morgan fingerprint density at radius 2 is 1.89 bits per heavy atom. The van der Waals surface area contributed by atoms with Crippen molar-refractivity contribution in [1.82, 2.24) is 0 Å². The number of hydrogen-bond donors (Lipinski definition) is 2. The summed E-state index contributed by atoms with van der Waals surface area (Å²) in [6.45, 7) is 3.80. The minimum absolute atomic E-state index is 0.0167. The minimum atomic E-state index is -2.08. The largest absolute Gasteiger partial charge is 0.382 e. The Hall–Kier alpha value is -1.40. The van der Waals surface area contributed by atoms with Crippen molar-refractivity contribution in [3.63, 3.8) is 0 Å². The fourth-order valence-electron chi connectivity index (χ4n) is 6.81. The summed E-state index contributed by atoms with van der Waals surface area (Å²) >= 11 is 0. The first kappa shape index (κ1) is 18.9. The predicted molar refractivity (Wildman–Crippen MR) is 93.6 cm³/mol. The molecule has 4 rings (SSSR count). The topological polar surface area (TPSA) is 91.7 Å². The Labute approximate surface area is 158 Å². The average molecular weight is 377 g/mol. The zero-order chi connectivity index (χ0) is 19.8. The van der Waals surface area contributed by atoms with E-state index < -0.39 is 39.6 Å². The Balaban J connectivity index is 1.81. The first-order valence-electron chi connectivity index (χ1n) is 9.75. The van der Waals surface area contributed by atoms with Gasteiger partial charge in [0, 0.05) is 29.6 Å². The molecule has 6 heteroatoms. The summed E-state index contributed by atoms with van der Waals surface area (Å²) in [5.41, 5.74) is -5.30. The van der Waals surface area contributed by atoms with Crippen molar-refractivity contribution in [2.24, 2.45) is 22.7 Å². The lowest BCUT2D eigenvalue weighted by molar-refractivity contribution is -0.188. The molecule has 0 bridgehead atoms. The first-order chi connectivity index (χ1) is 12.5.